The van der Waals surface area contributed by atoms with E-state index in [2.05, 4.69) is 31.4 Å². The molecular formula is C13H27ClN2O. The molecular weight excluding hydrogens is 236 g/mol. The van der Waals surface area contributed by atoms with E-state index in [1.807, 2.05) is 0 Å². The van der Waals surface area contributed by atoms with E-state index >= 15 is 0 Å². The highest BCUT2D eigenvalue weighted by atomic mass is 35.5. The van der Waals surface area contributed by atoms with Crippen LogP contribution in [0.4, 0.5) is 0 Å². The SMILES string of the molecule is CCC(C)(CC)NC(=O)CCC1CCCN1.Cl. The van der Waals surface area contributed by atoms with Crippen LogP contribution in [0.5, 0.6) is 0 Å². The van der Waals surface area contributed by atoms with Gasteiger partial charge in [-0.15, -0.1) is 12.4 Å². The Labute approximate surface area is 112 Å². The van der Waals surface area contributed by atoms with E-state index in [0.29, 0.717) is 12.5 Å². The Balaban J connectivity index is 0.00000256. The zero-order chi connectivity index (χ0) is 12.0. The molecule has 0 aromatic rings. The summed E-state index contributed by atoms with van der Waals surface area (Å²) in [5.41, 5.74) is -0.0137. The number of amides is 1. The molecule has 0 bridgehead atoms. The summed E-state index contributed by atoms with van der Waals surface area (Å²) in [4.78, 5) is 11.8. The Morgan fingerprint density at radius 3 is 2.53 bits per heavy atom. The van der Waals surface area contributed by atoms with E-state index in [-0.39, 0.29) is 23.9 Å². The van der Waals surface area contributed by atoms with Gasteiger partial charge in [-0.05, 0) is 45.6 Å². The molecule has 1 saturated heterocycles. The Morgan fingerprint density at radius 2 is 2.06 bits per heavy atom. The molecule has 1 unspecified atom stereocenters. The molecule has 1 fully saturated rings. The zero-order valence-corrected chi connectivity index (χ0v) is 12.2. The monoisotopic (exact) mass is 262 g/mol. The molecule has 17 heavy (non-hydrogen) atoms. The Hall–Kier alpha value is -0.280. The molecule has 1 amide bonds. The number of hydrogen-bond donors (Lipinski definition) is 2. The van der Waals surface area contributed by atoms with Crippen LogP contribution in [0, 0.1) is 0 Å². The maximum atomic E-state index is 11.8. The summed E-state index contributed by atoms with van der Waals surface area (Å²) < 4.78 is 0. The first-order valence-electron chi connectivity index (χ1n) is 6.64. The van der Waals surface area contributed by atoms with Gasteiger partial charge in [0, 0.05) is 18.0 Å². The molecule has 1 atom stereocenters. The van der Waals surface area contributed by atoms with Crippen molar-refractivity contribution in [2.75, 3.05) is 6.54 Å². The predicted molar refractivity (Wildman–Crippen MR) is 74.6 cm³/mol. The molecule has 0 aliphatic carbocycles. The smallest absolute Gasteiger partial charge is 0.220 e. The second-order valence-corrected chi connectivity index (χ2v) is 5.15. The van der Waals surface area contributed by atoms with E-state index in [9.17, 15) is 4.79 Å². The van der Waals surface area contributed by atoms with Gasteiger partial charge in [0.25, 0.3) is 0 Å². The number of nitrogens with one attached hydrogen (secondary N) is 2. The molecule has 0 saturated carbocycles. The average molecular weight is 263 g/mol. The fourth-order valence-electron chi connectivity index (χ4n) is 2.13. The van der Waals surface area contributed by atoms with Gasteiger partial charge in [0.2, 0.25) is 5.91 Å². The number of rotatable bonds is 6. The highest BCUT2D eigenvalue weighted by Crippen LogP contribution is 2.15. The fraction of sp³-hybridized carbons (Fsp3) is 0.923. The third-order valence-electron chi connectivity index (χ3n) is 3.88. The van der Waals surface area contributed by atoms with Gasteiger partial charge >= 0.3 is 0 Å². The van der Waals surface area contributed by atoms with Crippen molar-refractivity contribution in [3.8, 4) is 0 Å². The topological polar surface area (TPSA) is 41.1 Å². The number of halogens is 1. The van der Waals surface area contributed by atoms with Crippen LogP contribution in [0.15, 0.2) is 0 Å². The van der Waals surface area contributed by atoms with Crippen molar-refractivity contribution < 1.29 is 4.79 Å². The molecule has 0 spiro atoms. The molecule has 0 radical (unpaired) electrons. The first kappa shape index (κ1) is 16.7. The van der Waals surface area contributed by atoms with Gasteiger partial charge in [-0.1, -0.05) is 13.8 Å². The highest BCUT2D eigenvalue weighted by molar-refractivity contribution is 5.85. The number of carbonyl (C=O) groups excluding carboxylic acids is 1. The highest BCUT2D eigenvalue weighted by Gasteiger charge is 2.22. The maximum absolute atomic E-state index is 11.8. The molecule has 1 rings (SSSR count). The molecule has 0 aromatic carbocycles. The Bertz CT molecular complexity index is 223. The van der Waals surface area contributed by atoms with Crippen molar-refractivity contribution >= 4 is 18.3 Å². The minimum Gasteiger partial charge on any atom is -0.351 e. The zero-order valence-electron chi connectivity index (χ0n) is 11.3. The summed E-state index contributed by atoms with van der Waals surface area (Å²) in [6.45, 7) is 7.50. The molecule has 3 nitrogen and oxygen atoms in total. The molecule has 1 heterocycles. The largest absolute Gasteiger partial charge is 0.351 e. The van der Waals surface area contributed by atoms with Gasteiger partial charge in [0.1, 0.15) is 0 Å². The lowest BCUT2D eigenvalue weighted by Gasteiger charge is -2.28. The van der Waals surface area contributed by atoms with Gasteiger partial charge in [0.05, 0.1) is 0 Å². The van der Waals surface area contributed by atoms with Crippen LogP contribution in [0.3, 0.4) is 0 Å². The van der Waals surface area contributed by atoms with Crippen LogP contribution >= 0.6 is 12.4 Å². The van der Waals surface area contributed by atoms with Crippen LogP contribution in [-0.2, 0) is 4.79 Å². The Kier molecular flexibility index (Phi) is 7.80. The molecule has 1 aliphatic rings. The Morgan fingerprint density at radius 1 is 1.41 bits per heavy atom. The standard InChI is InChI=1S/C13H26N2O.ClH/c1-4-13(3,5-2)15-12(16)9-8-11-7-6-10-14-11;/h11,14H,4-10H2,1-3H3,(H,15,16);1H. The van der Waals surface area contributed by atoms with Crippen LogP contribution in [0.1, 0.15) is 59.3 Å². The molecule has 1 aliphatic heterocycles. The first-order chi connectivity index (χ1) is 7.59. The molecule has 102 valence electrons. The third-order valence-corrected chi connectivity index (χ3v) is 3.88. The van der Waals surface area contributed by atoms with E-state index in [1.54, 1.807) is 0 Å². The molecule has 0 aromatic heterocycles. The predicted octanol–water partition coefficient (Wildman–Crippen LogP) is 2.64. The summed E-state index contributed by atoms with van der Waals surface area (Å²) in [5, 5.41) is 6.57. The van der Waals surface area contributed by atoms with Crippen LogP contribution in [0.2, 0.25) is 0 Å². The maximum Gasteiger partial charge on any atom is 0.220 e. The van der Waals surface area contributed by atoms with Gasteiger partial charge in [-0.2, -0.15) is 0 Å². The van der Waals surface area contributed by atoms with E-state index < -0.39 is 0 Å². The lowest BCUT2D eigenvalue weighted by Crippen LogP contribution is -2.45. The van der Waals surface area contributed by atoms with Crippen molar-refractivity contribution in [1.29, 1.82) is 0 Å². The summed E-state index contributed by atoms with van der Waals surface area (Å²) in [7, 11) is 0. The summed E-state index contributed by atoms with van der Waals surface area (Å²) >= 11 is 0. The van der Waals surface area contributed by atoms with Gasteiger partial charge in [0.15, 0.2) is 0 Å². The normalized spacial score (nSPS) is 19.8. The van der Waals surface area contributed by atoms with Crippen LogP contribution in [-0.4, -0.2) is 24.0 Å². The van der Waals surface area contributed by atoms with E-state index in [4.69, 9.17) is 0 Å². The minimum atomic E-state index is -0.0137. The fourth-order valence-corrected chi connectivity index (χ4v) is 2.13. The van der Waals surface area contributed by atoms with Gasteiger partial charge in [-0.3, -0.25) is 4.79 Å². The summed E-state index contributed by atoms with van der Waals surface area (Å²) in [5.74, 6) is 0.208. The van der Waals surface area contributed by atoms with Gasteiger partial charge in [-0.25, -0.2) is 0 Å². The van der Waals surface area contributed by atoms with Crippen LogP contribution < -0.4 is 10.6 Å². The van der Waals surface area contributed by atoms with Crippen molar-refractivity contribution in [3.63, 3.8) is 0 Å². The van der Waals surface area contributed by atoms with Crippen molar-refractivity contribution in [2.45, 2.75) is 70.9 Å². The van der Waals surface area contributed by atoms with Crippen LogP contribution in [0.25, 0.3) is 0 Å². The average Bonchev–Trinajstić information content (AvgIpc) is 2.79. The van der Waals surface area contributed by atoms with Crippen molar-refractivity contribution in [2.24, 2.45) is 0 Å². The molecule has 4 heteroatoms. The first-order valence-corrected chi connectivity index (χ1v) is 6.64. The summed E-state index contributed by atoms with van der Waals surface area (Å²) in [6, 6.07) is 0.570. The quantitative estimate of drug-likeness (QED) is 0.773. The van der Waals surface area contributed by atoms with Crippen molar-refractivity contribution in [3.05, 3.63) is 0 Å². The minimum absolute atomic E-state index is 0. The van der Waals surface area contributed by atoms with Gasteiger partial charge < -0.3 is 10.6 Å². The lowest BCUT2D eigenvalue weighted by molar-refractivity contribution is -0.123. The second kappa shape index (κ2) is 7.93. The third kappa shape index (κ3) is 5.73. The number of carbonyl (C=O) groups is 1. The lowest BCUT2D eigenvalue weighted by atomic mass is 9.95. The van der Waals surface area contributed by atoms with E-state index in [1.165, 1.54) is 12.8 Å². The second-order valence-electron chi connectivity index (χ2n) is 5.15. The van der Waals surface area contributed by atoms with E-state index in [0.717, 1.165) is 25.8 Å². The summed E-state index contributed by atoms with van der Waals surface area (Å²) in [6.07, 6.45) is 6.12. The number of hydrogen-bond acceptors (Lipinski definition) is 2. The van der Waals surface area contributed by atoms with Crippen molar-refractivity contribution in [1.82, 2.24) is 10.6 Å². The molecule has 2 N–H and O–H groups in total.